The molecule has 142 valence electrons. The normalized spacial score (nSPS) is 19.9. The van der Waals surface area contributed by atoms with E-state index in [1.54, 1.807) is 0 Å². The zero-order chi connectivity index (χ0) is 18.8. The van der Waals surface area contributed by atoms with E-state index in [2.05, 4.69) is 41.2 Å². The van der Waals surface area contributed by atoms with Gasteiger partial charge in [-0.3, -0.25) is 4.79 Å². The van der Waals surface area contributed by atoms with Crippen LogP contribution in [0.15, 0.2) is 42.5 Å². The molecule has 5 heteroatoms. The number of hydrogen-bond acceptors (Lipinski definition) is 4. The van der Waals surface area contributed by atoms with Gasteiger partial charge in [0.2, 0.25) is 5.91 Å². The van der Waals surface area contributed by atoms with Gasteiger partial charge in [-0.25, -0.2) is 0 Å². The van der Waals surface area contributed by atoms with Crippen molar-refractivity contribution >= 4 is 17.3 Å². The third-order valence-electron chi connectivity index (χ3n) is 5.59. The number of ether oxygens (including phenoxy) is 1. The molecule has 0 spiro atoms. The lowest BCUT2D eigenvalue weighted by Crippen LogP contribution is -2.44. The molecule has 1 fully saturated rings. The molecule has 1 unspecified atom stereocenters. The minimum absolute atomic E-state index is 0.0277. The zero-order valence-corrected chi connectivity index (χ0v) is 16.1. The molecular formula is C22H27N3O2. The molecule has 1 saturated heterocycles. The van der Waals surface area contributed by atoms with Gasteiger partial charge in [-0.1, -0.05) is 18.2 Å². The van der Waals surface area contributed by atoms with E-state index in [1.165, 1.54) is 5.69 Å². The maximum Gasteiger partial charge on any atom is 0.231 e. The van der Waals surface area contributed by atoms with E-state index >= 15 is 0 Å². The number of nitrogens with one attached hydrogen (secondary N) is 1. The number of para-hydroxylation sites is 1. The van der Waals surface area contributed by atoms with E-state index in [9.17, 15) is 4.79 Å². The second kappa shape index (κ2) is 7.61. The number of hydrogen-bond donors (Lipinski definition) is 1. The number of rotatable bonds is 3. The molecule has 1 atom stereocenters. The summed E-state index contributed by atoms with van der Waals surface area (Å²) >= 11 is 0. The summed E-state index contributed by atoms with van der Waals surface area (Å²) < 4.78 is 5.76. The first-order chi connectivity index (χ1) is 13.1. The predicted molar refractivity (Wildman–Crippen MR) is 109 cm³/mol. The number of anilines is 2. The topological polar surface area (TPSA) is 44.8 Å². The maximum atomic E-state index is 12.7. The number of aryl methyl sites for hydroxylation is 1. The molecule has 0 radical (unpaired) electrons. The van der Waals surface area contributed by atoms with Gasteiger partial charge in [0.25, 0.3) is 0 Å². The number of benzene rings is 2. The molecule has 2 aliphatic rings. The summed E-state index contributed by atoms with van der Waals surface area (Å²) in [6.45, 7) is 6.74. The Bertz CT molecular complexity index is 828. The van der Waals surface area contributed by atoms with Crippen molar-refractivity contribution in [2.24, 2.45) is 5.92 Å². The van der Waals surface area contributed by atoms with E-state index in [0.717, 1.165) is 55.2 Å². The van der Waals surface area contributed by atoms with Gasteiger partial charge in [0.15, 0.2) is 0 Å². The van der Waals surface area contributed by atoms with Crippen molar-refractivity contribution in [3.05, 3.63) is 53.6 Å². The first kappa shape index (κ1) is 17.9. The number of carbonyl (C=O) groups is 1. The fourth-order valence-corrected chi connectivity index (χ4v) is 3.78. The van der Waals surface area contributed by atoms with Crippen molar-refractivity contribution in [3.8, 4) is 5.75 Å². The van der Waals surface area contributed by atoms with Crippen molar-refractivity contribution < 1.29 is 9.53 Å². The van der Waals surface area contributed by atoms with Gasteiger partial charge in [-0.05, 0) is 55.8 Å². The van der Waals surface area contributed by atoms with Crippen LogP contribution in [-0.4, -0.2) is 50.6 Å². The highest BCUT2D eigenvalue weighted by molar-refractivity contribution is 5.94. The highest BCUT2D eigenvalue weighted by Crippen LogP contribution is 2.28. The van der Waals surface area contributed by atoms with Crippen molar-refractivity contribution in [1.82, 2.24) is 4.90 Å². The van der Waals surface area contributed by atoms with Crippen molar-refractivity contribution in [2.75, 3.05) is 50.1 Å². The first-order valence-corrected chi connectivity index (χ1v) is 9.66. The SMILES string of the molecule is Cc1cc(N2CCN(C)CC2)ccc1NC(=O)C1COc2ccccc2C1. The Morgan fingerprint density at radius 2 is 1.89 bits per heavy atom. The average Bonchev–Trinajstić information content (AvgIpc) is 2.69. The van der Waals surface area contributed by atoms with Gasteiger partial charge < -0.3 is 19.9 Å². The molecule has 1 amide bonds. The molecule has 2 aromatic carbocycles. The summed E-state index contributed by atoms with van der Waals surface area (Å²) in [6, 6.07) is 14.3. The Morgan fingerprint density at radius 3 is 2.67 bits per heavy atom. The monoisotopic (exact) mass is 365 g/mol. The molecule has 0 aromatic heterocycles. The number of nitrogens with zero attached hydrogens (tertiary/aromatic N) is 2. The second-order valence-corrected chi connectivity index (χ2v) is 7.60. The Labute approximate surface area is 160 Å². The van der Waals surface area contributed by atoms with Crippen LogP contribution in [0.5, 0.6) is 5.75 Å². The summed E-state index contributed by atoms with van der Waals surface area (Å²) in [5.41, 5.74) is 4.31. The zero-order valence-electron chi connectivity index (χ0n) is 16.1. The molecule has 0 saturated carbocycles. The molecule has 0 bridgehead atoms. The minimum atomic E-state index is -0.156. The molecular weight excluding hydrogens is 338 g/mol. The van der Waals surface area contributed by atoms with Crippen LogP contribution in [0.25, 0.3) is 0 Å². The van der Waals surface area contributed by atoms with Crippen molar-refractivity contribution in [1.29, 1.82) is 0 Å². The number of piperazine rings is 1. The Balaban J connectivity index is 1.41. The number of amides is 1. The minimum Gasteiger partial charge on any atom is -0.492 e. The maximum absolute atomic E-state index is 12.7. The van der Waals surface area contributed by atoms with Gasteiger partial charge in [0.05, 0.1) is 5.92 Å². The highest BCUT2D eigenvalue weighted by atomic mass is 16.5. The standard InChI is InChI=1S/C22H27N3O2/c1-16-13-19(25-11-9-24(2)10-12-25)7-8-20(16)23-22(26)18-14-17-5-3-4-6-21(17)27-15-18/h3-8,13,18H,9-12,14-15H2,1-2H3,(H,23,26). The fraction of sp³-hybridized carbons (Fsp3) is 0.409. The van der Waals surface area contributed by atoms with Crippen LogP contribution in [0.1, 0.15) is 11.1 Å². The predicted octanol–water partition coefficient (Wildman–Crippen LogP) is 2.94. The van der Waals surface area contributed by atoms with Crippen LogP contribution in [-0.2, 0) is 11.2 Å². The number of fused-ring (bicyclic) bond motifs is 1. The van der Waals surface area contributed by atoms with Crippen LogP contribution in [0.2, 0.25) is 0 Å². The van der Waals surface area contributed by atoms with Gasteiger partial charge in [-0.15, -0.1) is 0 Å². The van der Waals surface area contributed by atoms with Crippen LogP contribution in [0.3, 0.4) is 0 Å². The smallest absolute Gasteiger partial charge is 0.231 e. The third kappa shape index (κ3) is 3.93. The Hall–Kier alpha value is -2.53. The van der Waals surface area contributed by atoms with Gasteiger partial charge >= 0.3 is 0 Å². The number of likely N-dealkylation sites (N-methyl/N-ethyl adjacent to an activating group) is 1. The Kier molecular flexibility index (Phi) is 5.03. The van der Waals surface area contributed by atoms with Crippen molar-refractivity contribution in [3.63, 3.8) is 0 Å². The summed E-state index contributed by atoms with van der Waals surface area (Å²) in [4.78, 5) is 17.5. The lowest BCUT2D eigenvalue weighted by atomic mass is 9.96. The molecule has 2 heterocycles. The summed E-state index contributed by atoms with van der Waals surface area (Å²) in [5.74, 6) is 0.769. The molecule has 27 heavy (non-hydrogen) atoms. The lowest BCUT2D eigenvalue weighted by Gasteiger charge is -2.34. The van der Waals surface area contributed by atoms with Gasteiger partial charge in [0, 0.05) is 37.6 Å². The van der Waals surface area contributed by atoms with Crippen LogP contribution < -0.4 is 15.0 Å². The molecule has 5 nitrogen and oxygen atoms in total. The molecule has 2 aliphatic heterocycles. The van der Waals surface area contributed by atoms with Crippen LogP contribution in [0.4, 0.5) is 11.4 Å². The highest BCUT2D eigenvalue weighted by Gasteiger charge is 2.26. The van der Waals surface area contributed by atoms with E-state index in [0.29, 0.717) is 6.61 Å². The molecule has 1 N–H and O–H groups in total. The van der Waals surface area contributed by atoms with Gasteiger partial charge in [0.1, 0.15) is 12.4 Å². The average molecular weight is 365 g/mol. The quantitative estimate of drug-likeness (QED) is 0.908. The fourth-order valence-electron chi connectivity index (χ4n) is 3.78. The summed E-state index contributed by atoms with van der Waals surface area (Å²) in [6.07, 6.45) is 0.723. The first-order valence-electron chi connectivity index (χ1n) is 9.66. The second-order valence-electron chi connectivity index (χ2n) is 7.60. The molecule has 4 rings (SSSR count). The lowest BCUT2D eigenvalue weighted by molar-refractivity contribution is -0.121. The molecule has 0 aliphatic carbocycles. The Morgan fingerprint density at radius 1 is 1.11 bits per heavy atom. The van der Waals surface area contributed by atoms with E-state index in [4.69, 9.17) is 4.74 Å². The molecule has 2 aromatic rings. The van der Waals surface area contributed by atoms with E-state index in [-0.39, 0.29) is 11.8 Å². The van der Waals surface area contributed by atoms with E-state index < -0.39 is 0 Å². The van der Waals surface area contributed by atoms with Crippen LogP contribution in [0, 0.1) is 12.8 Å². The van der Waals surface area contributed by atoms with Crippen LogP contribution >= 0.6 is 0 Å². The summed E-state index contributed by atoms with van der Waals surface area (Å²) in [5, 5.41) is 3.10. The van der Waals surface area contributed by atoms with Crippen molar-refractivity contribution in [2.45, 2.75) is 13.3 Å². The summed E-state index contributed by atoms with van der Waals surface area (Å²) in [7, 11) is 2.16. The largest absolute Gasteiger partial charge is 0.492 e. The number of carbonyl (C=O) groups excluding carboxylic acids is 1. The third-order valence-corrected chi connectivity index (χ3v) is 5.59. The van der Waals surface area contributed by atoms with E-state index in [1.807, 2.05) is 30.3 Å². The van der Waals surface area contributed by atoms with Gasteiger partial charge in [-0.2, -0.15) is 0 Å².